The normalized spacial score (nSPS) is 18.6. The standard InChI is InChI=1S/C32H41F3N4O4/c1-2-13-39-14-3-4-15-43-25-17-23(26-11-12-37-27(26)19-25)18-28(38-30(41)9-6-10-31(39)42)29(40)21-36-20-22-7-5-8-24(16-22)32(33,34)35/h5,7-8,11-12,16-17,19,28-29,36-37,40H,2-4,6,9-10,13-15,18,20-21H2,1H3,(H,38,41). The molecule has 4 N–H and O–H groups in total. The number of hydrogen-bond donors (Lipinski definition) is 4. The molecule has 0 saturated heterocycles. The predicted octanol–water partition coefficient (Wildman–Crippen LogP) is 4.95. The molecule has 4 rings (SSSR count). The number of carbonyl (C=O) groups is 2. The molecule has 0 spiro atoms. The summed E-state index contributed by atoms with van der Waals surface area (Å²) < 4.78 is 45.4. The zero-order chi connectivity index (χ0) is 30.8. The van der Waals surface area contributed by atoms with Crippen molar-refractivity contribution >= 4 is 22.7 Å². The number of rotatable bonds is 7. The Morgan fingerprint density at radius 2 is 1.95 bits per heavy atom. The highest BCUT2D eigenvalue weighted by Gasteiger charge is 2.30. The zero-order valence-corrected chi connectivity index (χ0v) is 24.5. The second-order valence-electron chi connectivity index (χ2n) is 11.1. The number of amides is 2. The fraction of sp³-hybridized carbons (Fsp3) is 0.500. The smallest absolute Gasteiger partial charge is 0.416 e. The highest BCUT2D eigenvalue weighted by molar-refractivity contribution is 5.85. The summed E-state index contributed by atoms with van der Waals surface area (Å²) in [6.45, 7) is 3.98. The van der Waals surface area contributed by atoms with Gasteiger partial charge in [0.1, 0.15) is 5.75 Å². The topological polar surface area (TPSA) is 107 Å². The molecule has 2 aromatic carbocycles. The Morgan fingerprint density at radius 3 is 2.74 bits per heavy atom. The summed E-state index contributed by atoms with van der Waals surface area (Å²) in [4.78, 5) is 30.9. The molecule has 2 amide bonds. The Hall–Kier alpha value is -3.57. The van der Waals surface area contributed by atoms with Crippen molar-refractivity contribution in [1.29, 1.82) is 0 Å². The van der Waals surface area contributed by atoms with Crippen LogP contribution < -0.4 is 15.4 Å². The SMILES string of the molecule is CCCN1CCCCOc2cc(c3cc[nH]c3c2)CC(C(O)CNCc2cccc(C(F)(F)F)c2)NC(=O)CCCC1=O. The molecule has 3 aromatic rings. The third-order valence-electron chi connectivity index (χ3n) is 7.65. The van der Waals surface area contributed by atoms with E-state index in [1.807, 2.05) is 36.2 Å². The quantitative estimate of drug-likeness (QED) is 0.307. The van der Waals surface area contributed by atoms with E-state index in [0.717, 1.165) is 47.9 Å². The van der Waals surface area contributed by atoms with Gasteiger partial charge in [0.15, 0.2) is 0 Å². The summed E-state index contributed by atoms with van der Waals surface area (Å²) >= 11 is 0. The minimum absolute atomic E-state index is 0.0243. The summed E-state index contributed by atoms with van der Waals surface area (Å²) in [6.07, 6.45) is -0.130. The van der Waals surface area contributed by atoms with E-state index in [9.17, 15) is 27.9 Å². The van der Waals surface area contributed by atoms with Crippen LogP contribution in [0.5, 0.6) is 5.75 Å². The van der Waals surface area contributed by atoms with Gasteiger partial charge in [0.25, 0.3) is 0 Å². The summed E-state index contributed by atoms with van der Waals surface area (Å²) in [5.41, 5.74) is 1.44. The molecule has 8 nitrogen and oxygen atoms in total. The Labute approximate surface area is 250 Å². The molecule has 2 heterocycles. The second kappa shape index (κ2) is 15.2. The highest BCUT2D eigenvalue weighted by Crippen LogP contribution is 2.30. The van der Waals surface area contributed by atoms with Gasteiger partial charge < -0.3 is 30.4 Å². The van der Waals surface area contributed by atoms with Crippen LogP contribution in [0.3, 0.4) is 0 Å². The van der Waals surface area contributed by atoms with Gasteiger partial charge in [0.2, 0.25) is 11.8 Å². The summed E-state index contributed by atoms with van der Waals surface area (Å²) in [6, 6.07) is 10.1. The number of H-pyrrole nitrogens is 1. The number of ether oxygens (including phenoxy) is 1. The number of halogens is 3. The van der Waals surface area contributed by atoms with Crippen LogP contribution in [0.25, 0.3) is 10.9 Å². The molecule has 0 aliphatic carbocycles. The maximum Gasteiger partial charge on any atom is 0.416 e. The second-order valence-corrected chi connectivity index (χ2v) is 11.1. The zero-order valence-electron chi connectivity index (χ0n) is 24.5. The summed E-state index contributed by atoms with van der Waals surface area (Å²) in [5.74, 6) is 0.410. The van der Waals surface area contributed by atoms with E-state index >= 15 is 0 Å². The molecule has 2 bridgehead atoms. The van der Waals surface area contributed by atoms with Gasteiger partial charge in [-0.25, -0.2) is 0 Å². The van der Waals surface area contributed by atoms with Crippen LogP contribution in [0, 0.1) is 0 Å². The first-order chi connectivity index (χ1) is 20.6. The van der Waals surface area contributed by atoms with Crippen LogP contribution in [-0.2, 0) is 28.7 Å². The molecule has 0 saturated carbocycles. The van der Waals surface area contributed by atoms with Crippen LogP contribution in [0.4, 0.5) is 13.2 Å². The third kappa shape index (κ3) is 9.46. The number of nitrogens with zero attached hydrogens (tertiary/aromatic N) is 1. The number of aliphatic hydroxyl groups excluding tert-OH is 1. The Kier molecular flexibility index (Phi) is 11.5. The lowest BCUT2D eigenvalue weighted by Gasteiger charge is -2.25. The lowest BCUT2D eigenvalue weighted by Crippen LogP contribution is -2.48. The van der Waals surface area contributed by atoms with Crippen LogP contribution in [0.15, 0.2) is 48.7 Å². The van der Waals surface area contributed by atoms with Crippen molar-refractivity contribution in [3.63, 3.8) is 0 Å². The average molecular weight is 603 g/mol. The van der Waals surface area contributed by atoms with Crippen LogP contribution in [-0.4, -0.2) is 65.2 Å². The predicted molar refractivity (Wildman–Crippen MR) is 159 cm³/mol. The maximum atomic E-state index is 13.1. The van der Waals surface area contributed by atoms with Gasteiger partial charge in [0, 0.05) is 62.2 Å². The first kappa shape index (κ1) is 32.3. The number of aliphatic hydroxyl groups is 1. The van der Waals surface area contributed by atoms with E-state index in [2.05, 4.69) is 15.6 Å². The largest absolute Gasteiger partial charge is 0.494 e. The number of alkyl halides is 3. The minimum Gasteiger partial charge on any atom is -0.494 e. The highest BCUT2D eigenvalue weighted by atomic mass is 19.4. The molecule has 2 atom stereocenters. The number of benzene rings is 2. The van der Waals surface area contributed by atoms with Gasteiger partial charge in [-0.3, -0.25) is 9.59 Å². The summed E-state index contributed by atoms with van der Waals surface area (Å²) in [7, 11) is 0. The Balaban J connectivity index is 1.51. The van der Waals surface area contributed by atoms with Gasteiger partial charge in [-0.05, 0) is 61.4 Å². The molecule has 43 heavy (non-hydrogen) atoms. The van der Waals surface area contributed by atoms with Crippen molar-refractivity contribution in [3.8, 4) is 5.75 Å². The lowest BCUT2D eigenvalue weighted by atomic mass is 9.97. The van der Waals surface area contributed by atoms with Crippen LogP contribution >= 0.6 is 0 Å². The van der Waals surface area contributed by atoms with E-state index in [4.69, 9.17) is 4.74 Å². The lowest BCUT2D eigenvalue weighted by molar-refractivity contribution is -0.137. The van der Waals surface area contributed by atoms with E-state index in [1.165, 1.54) is 6.07 Å². The number of aromatic amines is 1. The molecular formula is C32H41F3N4O4. The minimum atomic E-state index is -4.44. The molecule has 1 aliphatic rings. The van der Waals surface area contributed by atoms with Crippen molar-refractivity contribution in [3.05, 3.63) is 65.4 Å². The third-order valence-corrected chi connectivity index (χ3v) is 7.65. The molecule has 11 heteroatoms. The van der Waals surface area contributed by atoms with Crippen molar-refractivity contribution in [1.82, 2.24) is 20.5 Å². The number of hydrogen-bond acceptors (Lipinski definition) is 5. The van der Waals surface area contributed by atoms with E-state index < -0.39 is 23.9 Å². The number of aromatic nitrogens is 1. The van der Waals surface area contributed by atoms with Crippen molar-refractivity contribution in [2.45, 2.75) is 76.7 Å². The van der Waals surface area contributed by atoms with Crippen molar-refractivity contribution in [2.75, 3.05) is 26.2 Å². The van der Waals surface area contributed by atoms with E-state index in [0.29, 0.717) is 43.9 Å². The number of carbonyl (C=O) groups excluding carboxylic acids is 2. The van der Waals surface area contributed by atoms with E-state index in [1.54, 1.807) is 6.07 Å². The number of nitrogens with one attached hydrogen (secondary N) is 3. The van der Waals surface area contributed by atoms with Gasteiger partial charge in [0.05, 0.1) is 24.3 Å². The molecule has 1 aliphatic heterocycles. The molecular weight excluding hydrogens is 561 g/mol. The van der Waals surface area contributed by atoms with Crippen molar-refractivity contribution in [2.24, 2.45) is 0 Å². The fourth-order valence-electron chi connectivity index (χ4n) is 5.41. The Morgan fingerprint density at radius 1 is 1.12 bits per heavy atom. The molecule has 2 unspecified atom stereocenters. The van der Waals surface area contributed by atoms with Gasteiger partial charge in [-0.2, -0.15) is 13.2 Å². The van der Waals surface area contributed by atoms with Gasteiger partial charge in [-0.1, -0.05) is 25.1 Å². The van der Waals surface area contributed by atoms with Crippen LogP contribution in [0.2, 0.25) is 0 Å². The monoisotopic (exact) mass is 602 g/mol. The number of fused-ring (bicyclic) bond motifs is 4. The van der Waals surface area contributed by atoms with Gasteiger partial charge in [-0.15, -0.1) is 0 Å². The molecule has 1 aromatic heterocycles. The molecule has 0 fully saturated rings. The first-order valence-electron chi connectivity index (χ1n) is 15.0. The average Bonchev–Trinajstić information content (AvgIpc) is 3.44. The fourth-order valence-corrected chi connectivity index (χ4v) is 5.41. The van der Waals surface area contributed by atoms with Crippen LogP contribution in [0.1, 0.15) is 62.1 Å². The maximum absolute atomic E-state index is 13.1. The summed E-state index contributed by atoms with van der Waals surface area (Å²) in [5, 5.41) is 18.1. The van der Waals surface area contributed by atoms with Gasteiger partial charge >= 0.3 is 6.18 Å². The van der Waals surface area contributed by atoms with E-state index in [-0.39, 0.29) is 37.7 Å². The molecule has 234 valence electrons. The molecule has 0 radical (unpaired) electrons. The van der Waals surface area contributed by atoms with Crippen molar-refractivity contribution < 1.29 is 32.6 Å². The first-order valence-corrected chi connectivity index (χ1v) is 15.0. The Bertz CT molecular complexity index is 1360.